The zero-order valence-electron chi connectivity index (χ0n) is 20.9. The van der Waals surface area contributed by atoms with E-state index >= 15 is 0 Å². The molecule has 0 aromatic heterocycles. The second-order valence-electron chi connectivity index (χ2n) is 8.29. The molecule has 2 heterocycles. The molecular weight excluding hydrogens is 504 g/mol. The predicted octanol–water partition coefficient (Wildman–Crippen LogP) is -5.65. The number of carbonyl (C=O) groups is 4. The summed E-state index contributed by atoms with van der Waals surface area (Å²) in [6.45, 7) is 1.93. The van der Waals surface area contributed by atoms with Crippen molar-refractivity contribution in [1.29, 1.82) is 0 Å². The molecule has 3 amide bonds. The number of guanidine groups is 1. The number of hydrogen-bond donors (Lipinski definition) is 6. The van der Waals surface area contributed by atoms with Gasteiger partial charge in [-0.1, -0.05) is 24.3 Å². The van der Waals surface area contributed by atoms with Crippen LogP contribution >= 0.6 is 0 Å². The van der Waals surface area contributed by atoms with Crippen LogP contribution in [-0.4, -0.2) is 68.0 Å². The number of nitrogens with two attached hydrogens (primary N) is 2. The van der Waals surface area contributed by atoms with Crippen molar-refractivity contribution in [2.45, 2.75) is 50.7 Å². The Morgan fingerprint density at radius 1 is 1.14 bits per heavy atom. The van der Waals surface area contributed by atoms with Gasteiger partial charge in [-0.15, -0.1) is 0 Å². The SMILES string of the molecule is COC(=O)[C@@H]1CC=CCOc2ccc(cc2)C[C@H](NC(C)=O)C(=O)N[C@@H](CCC[NH+]=C(N)N)C(=O)N1.[Cl-]. The molecule has 0 aliphatic carbocycles. The summed E-state index contributed by atoms with van der Waals surface area (Å²) in [4.78, 5) is 53.2. The lowest BCUT2D eigenvalue weighted by Gasteiger charge is -2.24. The highest BCUT2D eigenvalue weighted by Crippen LogP contribution is 2.14. The van der Waals surface area contributed by atoms with Gasteiger partial charge < -0.3 is 37.8 Å². The Kier molecular flexibility index (Phi) is 13.5. The van der Waals surface area contributed by atoms with Gasteiger partial charge in [0.2, 0.25) is 17.7 Å². The first-order valence-electron chi connectivity index (χ1n) is 11.6. The van der Waals surface area contributed by atoms with Gasteiger partial charge in [-0.05, 0) is 37.0 Å². The average Bonchev–Trinajstić information content (AvgIpc) is 2.84. The number of hydrogen-bond acceptors (Lipinski definition) is 6. The molecule has 13 heteroatoms. The van der Waals surface area contributed by atoms with Crippen molar-refractivity contribution < 1.29 is 46.1 Å². The first kappa shape index (κ1) is 31.2. The number of ether oxygens (including phenoxy) is 2. The summed E-state index contributed by atoms with van der Waals surface area (Å²) in [7, 11) is 1.23. The van der Waals surface area contributed by atoms with Gasteiger partial charge in [0, 0.05) is 13.3 Å². The molecule has 204 valence electrons. The van der Waals surface area contributed by atoms with Crippen LogP contribution in [0, 0.1) is 0 Å². The molecule has 0 radical (unpaired) electrons. The van der Waals surface area contributed by atoms with Crippen molar-refractivity contribution in [3.05, 3.63) is 42.0 Å². The molecule has 2 bridgehead atoms. The second-order valence-corrected chi connectivity index (χ2v) is 8.29. The molecule has 2 aliphatic heterocycles. The van der Waals surface area contributed by atoms with Crippen LogP contribution in [0.3, 0.4) is 0 Å². The first-order chi connectivity index (χ1) is 17.2. The molecule has 3 atom stereocenters. The van der Waals surface area contributed by atoms with E-state index in [1.807, 2.05) is 0 Å². The van der Waals surface area contributed by atoms with Gasteiger partial charge in [0.05, 0.1) is 13.7 Å². The number of carbonyl (C=O) groups excluding carboxylic acids is 4. The topological polar surface area (TPSA) is 189 Å². The molecule has 0 unspecified atom stereocenters. The lowest BCUT2D eigenvalue weighted by atomic mass is 10.0. The van der Waals surface area contributed by atoms with Gasteiger partial charge in [-0.2, -0.15) is 0 Å². The molecule has 0 spiro atoms. The third-order valence-corrected chi connectivity index (χ3v) is 5.38. The van der Waals surface area contributed by atoms with E-state index in [0.717, 1.165) is 5.56 Å². The minimum atomic E-state index is -0.993. The van der Waals surface area contributed by atoms with Gasteiger partial charge in [0.15, 0.2) is 0 Å². The fraction of sp³-hybridized carbons (Fsp3) is 0.458. The lowest BCUT2D eigenvalue weighted by Crippen LogP contribution is -3.00. The summed E-state index contributed by atoms with van der Waals surface area (Å²) < 4.78 is 10.5. The third-order valence-electron chi connectivity index (χ3n) is 5.38. The van der Waals surface area contributed by atoms with Crippen molar-refractivity contribution in [3.63, 3.8) is 0 Å². The highest BCUT2D eigenvalue weighted by molar-refractivity contribution is 5.93. The number of fused-ring (bicyclic) bond motifs is 13. The number of halogens is 1. The maximum absolute atomic E-state index is 13.2. The fourth-order valence-electron chi connectivity index (χ4n) is 3.57. The van der Waals surface area contributed by atoms with E-state index in [4.69, 9.17) is 20.9 Å². The summed E-state index contributed by atoms with van der Waals surface area (Å²) in [5.41, 5.74) is 11.6. The molecule has 0 saturated heterocycles. The Morgan fingerprint density at radius 2 is 1.84 bits per heavy atom. The molecule has 1 aromatic carbocycles. The van der Waals surface area contributed by atoms with Crippen LogP contribution in [0.2, 0.25) is 0 Å². The highest BCUT2D eigenvalue weighted by Gasteiger charge is 2.29. The van der Waals surface area contributed by atoms with E-state index in [2.05, 4.69) is 20.9 Å². The normalized spacial score (nSPS) is 20.2. The zero-order valence-corrected chi connectivity index (χ0v) is 21.7. The lowest BCUT2D eigenvalue weighted by molar-refractivity contribution is -0.459. The Morgan fingerprint density at radius 3 is 2.46 bits per heavy atom. The summed E-state index contributed by atoms with van der Waals surface area (Å²) in [6, 6.07) is 4.25. The van der Waals surface area contributed by atoms with Crippen LogP contribution in [0.25, 0.3) is 0 Å². The number of amides is 3. The number of nitrogens with one attached hydrogen (secondary N) is 4. The van der Waals surface area contributed by atoms with E-state index < -0.39 is 41.8 Å². The molecule has 3 rings (SSSR count). The minimum Gasteiger partial charge on any atom is -1.00 e. The van der Waals surface area contributed by atoms with Crippen molar-refractivity contribution in [2.24, 2.45) is 11.5 Å². The van der Waals surface area contributed by atoms with Crippen molar-refractivity contribution in [3.8, 4) is 5.75 Å². The molecule has 0 saturated carbocycles. The molecule has 12 nitrogen and oxygen atoms in total. The number of benzene rings is 1. The molecule has 37 heavy (non-hydrogen) atoms. The van der Waals surface area contributed by atoms with Crippen LogP contribution < -0.4 is 49.6 Å². The number of rotatable bonds is 6. The summed E-state index contributed by atoms with van der Waals surface area (Å²) in [5, 5.41) is 8.00. The zero-order chi connectivity index (χ0) is 26.5. The molecular formula is C24H35ClN6O6. The van der Waals surface area contributed by atoms with Gasteiger partial charge in [-0.3, -0.25) is 30.8 Å². The Hall–Kier alpha value is -3.80. The summed E-state index contributed by atoms with van der Waals surface area (Å²) in [6.07, 6.45) is 4.46. The summed E-state index contributed by atoms with van der Waals surface area (Å²) >= 11 is 0. The highest BCUT2D eigenvalue weighted by atomic mass is 35.5. The van der Waals surface area contributed by atoms with Gasteiger partial charge in [-0.25, -0.2) is 4.79 Å². The van der Waals surface area contributed by atoms with E-state index in [0.29, 0.717) is 18.7 Å². The van der Waals surface area contributed by atoms with Gasteiger partial charge in [0.1, 0.15) is 30.5 Å². The van der Waals surface area contributed by atoms with Crippen molar-refractivity contribution in [2.75, 3.05) is 20.3 Å². The van der Waals surface area contributed by atoms with E-state index in [9.17, 15) is 19.2 Å². The largest absolute Gasteiger partial charge is 1.00 e. The maximum Gasteiger partial charge on any atom is 0.338 e. The Bertz CT molecular complexity index is 980. The number of esters is 1. The monoisotopic (exact) mass is 538 g/mol. The van der Waals surface area contributed by atoms with Crippen LogP contribution in [0.4, 0.5) is 0 Å². The van der Waals surface area contributed by atoms with Crippen LogP contribution in [0.15, 0.2) is 36.4 Å². The molecule has 1 aromatic rings. The van der Waals surface area contributed by atoms with Crippen molar-refractivity contribution in [1.82, 2.24) is 16.0 Å². The average molecular weight is 539 g/mol. The third kappa shape index (κ3) is 11.2. The molecule has 0 fully saturated rings. The Labute approximate surface area is 222 Å². The quantitative estimate of drug-likeness (QED) is 0.0679. The Balaban J connectivity index is 0.00000684. The second kappa shape index (κ2) is 16.0. The molecule has 2 aliphatic rings. The standard InChI is InChI=1S/C24H34N6O6.ClH/c1-15(31)28-20-14-16-8-10-17(11-9-16)36-13-4-3-6-19(23(34)35-2)30-21(32)18(29-22(20)33)7-5-12-27-24(25)26;/h3-4,8-11,18-20H,5-7,12-14H2,1-2H3,(H,28,31)(H,29,33)(H,30,32)(H4,25,26,27);1H/t18-,19-,20-;/m0./s1. The minimum absolute atomic E-state index is 0. The fourth-order valence-corrected chi connectivity index (χ4v) is 3.57. The van der Waals surface area contributed by atoms with Gasteiger partial charge >= 0.3 is 11.9 Å². The van der Waals surface area contributed by atoms with E-state index in [1.54, 1.807) is 36.4 Å². The smallest absolute Gasteiger partial charge is 0.338 e. The maximum atomic E-state index is 13.2. The van der Waals surface area contributed by atoms with Crippen LogP contribution in [0.1, 0.15) is 31.7 Å². The van der Waals surface area contributed by atoms with Crippen LogP contribution in [-0.2, 0) is 30.3 Å². The van der Waals surface area contributed by atoms with E-state index in [-0.39, 0.29) is 44.2 Å². The van der Waals surface area contributed by atoms with Crippen LogP contribution in [0.5, 0.6) is 5.75 Å². The predicted molar refractivity (Wildman–Crippen MR) is 131 cm³/mol. The summed E-state index contributed by atoms with van der Waals surface area (Å²) in [5.74, 6) is -1.47. The van der Waals surface area contributed by atoms with E-state index in [1.165, 1.54) is 14.0 Å². The van der Waals surface area contributed by atoms with Crippen molar-refractivity contribution >= 4 is 29.7 Å². The molecule has 8 N–H and O–H groups in total. The number of methoxy groups -OCH3 is 1. The van der Waals surface area contributed by atoms with Gasteiger partial charge in [0.25, 0.3) is 0 Å². The first-order valence-corrected chi connectivity index (χ1v) is 11.6.